The van der Waals surface area contributed by atoms with Crippen LogP contribution >= 0.6 is 0 Å². The summed E-state index contributed by atoms with van der Waals surface area (Å²) in [5.41, 5.74) is 1.26. The van der Waals surface area contributed by atoms with Gasteiger partial charge in [-0.1, -0.05) is 25.1 Å². The molecule has 1 aromatic rings. The van der Waals surface area contributed by atoms with Crippen LogP contribution in [0.5, 0.6) is 5.75 Å². The molecule has 0 amide bonds. The Morgan fingerprint density at radius 3 is 2.95 bits per heavy atom. The quantitative estimate of drug-likeness (QED) is 0.853. The van der Waals surface area contributed by atoms with E-state index in [0.717, 1.165) is 25.4 Å². The van der Waals surface area contributed by atoms with E-state index in [2.05, 4.69) is 35.3 Å². The first-order chi connectivity index (χ1) is 9.33. The lowest BCUT2D eigenvalue weighted by Gasteiger charge is -2.32. The standard InChI is InChI=1S/C16H26N2O/c1-3-18-11-7-9-15(13-18)17-12-14-8-5-6-10-16(14)19-4-2/h5-6,8,10,15,17H,3-4,7,9,11-13H2,1-2H3. The van der Waals surface area contributed by atoms with Crippen LogP contribution in [0.2, 0.25) is 0 Å². The minimum absolute atomic E-state index is 0.614. The highest BCUT2D eigenvalue weighted by molar-refractivity contribution is 5.33. The number of likely N-dealkylation sites (tertiary alicyclic amines) is 1. The number of ether oxygens (including phenoxy) is 1. The number of benzene rings is 1. The average Bonchev–Trinajstić information content (AvgIpc) is 2.47. The van der Waals surface area contributed by atoms with E-state index in [9.17, 15) is 0 Å². The summed E-state index contributed by atoms with van der Waals surface area (Å²) >= 11 is 0. The number of nitrogens with zero attached hydrogens (tertiary/aromatic N) is 1. The van der Waals surface area contributed by atoms with Crippen molar-refractivity contribution in [3.63, 3.8) is 0 Å². The van der Waals surface area contributed by atoms with Gasteiger partial charge in [-0.15, -0.1) is 0 Å². The van der Waals surface area contributed by atoms with Crippen LogP contribution in [-0.2, 0) is 6.54 Å². The molecule has 1 aliphatic heterocycles. The Kier molecular flexibility index (Phi) is 5.67. The third-order valence-electron chi connectivity index (χ3n) is 3.81. The van der Waals surface area contributed by atoms with Gasteiger partial charge >= 0.3 is 0 Å². The van der Waals surface area contributed by atoms with Crippen molar-refractivity contribution < 1.29 is 4.74 Å². The van der Waals surface area contributed by atoms with E-state index >= 15 is 0 Å². The SMILES string of the molecule is CCOc1ccccc1CNC1CCCN(CC)C1. The van der Waals surface area contributed by atoms with Crippen LogP contribution in [0.3, 0.4) is 0 Å². The third-order valence-corrected chi connectivity index (χ3v) is 3.81. The van der Waals surface area contributed by atoms with Crippen molar-refractivity contribution in [2.45, 2.75) is 39.3 Å². The van der Waals surface area contributed by atoms with Gasteiger partial charge in [0.1, 0.15) is 5.75 Å². The van der Waals surface area contributed by atoms with Gasteiger partial charge in [0.2, 0.25) is 0 Å². The van der Waals surface area contributed by atoms with Crippen LogP contribution in [0.1, 0.15) is 32.3 Å². The highest BCUT2D eigenvalue weighted by Gasteiger charge is 2.18. The van der Waals surface area contributed by atoms with Crippen LogP contribution in [0, 0.1) is 0 Å². The van der Waals surface area contributed by atoms with E-state index in [4.69, 9.17) is 4.74 Å². The molecule has 3 nitrogen and oxygen atoms in total. The van der Waals surface area contributed by atoms with Crippen molar-refractivity contribution in [1.82, 2.24) is 10.2 Å². The first kappa shape index (κ1) is 14.4. The number of hydrogen-bond acceptors (Lipinski definition) is 3. The molecule has 0 radical (unpaired) electrons. The Bertz CT molecular complexity index is 381. The van der Waals surface area contributed by atoms with Gasteiger partial charge in [-0.3, -0.25) is 0 Å². The molecule has 3 heteroatoms. The molecule has 2 rings (SSSR count). The lowest BCUT2D eigenvalue weighted by Crippen LogP contribution is -2.45. The molecule has 1 atom stereocenters. The number of nitrogens with one attached hydrogen (secondary N) is 1. The fourth-order valence-corrected chi connectivity index (χ4v) is 2.71. The smallest absolute Gasteiger partial charge is 0.123 e. The second-order valence-corrected chi connectivity index (χ2v) is 5.15. The van der Waals surface area contributed by atoms with Gasteiger partial charge in [-0.25, -0.2) is 0 Å². The molecule has 106 valence electrons. The number of hydrogen-bond donors (Lipinski definition) is 1. The highest BCUT2D eigenvalue weighted by Crippen LogP contribution is 2.18. The maximum atomic E-state index is 5.67. The van der Waals surface area contributed by atoms with Gasteiger partial charge in [-0.05, 0) is 38.9 Å². The maximum absolute atomic E-state index is 5.67. The Morgan fingerprint density at radius 1 is 1.32 bits per heavy atom. The van der Waals surface area contributed by atoms with Crippen molar-refractivity contribution in [2.75, 3.05) is 26.2 Å². The monoisotopic (exact) mass is 262 g/mol. The number of piperidine rings is 1. The highest BCUT2D eigenvalue weighted by atomic mass is 16.5. The van der Waals surface area contributed by atoms with E-state index in [1.165, 1.54) is 31.5 Å². The zero-order valence-electron chi connectivity index (χ0n) is 12.2. The zero-order chi connectivity index (χ0) is 13.5. The fraction of sp³-hybridized carbons (Fsp3) is 0.625. The first-order valence-corrected chi connectivity index (χ1v) is 7.50. The van der Waals surface area contributed by atoms with Crippen molar-refractivity contribution in [2.24, 2.45) is 0 Å². The van der Waals surface area contributed by atoms with Crippen molar-refractivity contribution >= 4 is 0 Å². The van der Waals surface area contributed by atoms with Gasteiger partial charge in [0, 0.05) is 24.7 Å². The minimum atomic E-state index is 0.614. The molecule has 0 saturated carbocycles. The van der Waals surface area contributed by atoms with Crippen LogP contribution in [0.25, 0.3) is 0 Å². The molecule has 1 aromatic carbocycles. The summed E-state index contributed by atoms with van der Waals surface area (Å²) in [5.74, 6) is 1.01. The molecular weight excluding hydrogens is 236 g/mol. The summed E-state index contributed by atoms with van der Waals surface area (Å²) in [6, 6.07) is 8.94. The molecule has 1 heterocycles. The Hall–Kier alpha value is -1.06. The van der Waals surface area contributed by atoms with E-state index in [-0.39, 0.29) is 0 Å². The minimum Gasteiger partial charge on any atom is -0.494 e. The normalized spacial score (nSPS) is 20.4. The summed E-state index contributed by atoms with van der Waals surface area (Å²) in [6.45, 7) is 9.49. The largest absolute Gasteiger partial charge is 0.494 e. The van der Waals surface area contributed by atoms with E-state index in [1.54, 1.807) is 0 Å². The zero-order valence-corrected chi connectivity index (χ0v) is 12.2. The summed E-state index contributed by atoms with van der Waals surface area (Å²) in [7, 11) is 0. The van der Waals surface area contributed by atoms with E-state index < -0.39 is 0 Å². The van der Waals surface area contributed by atoms with Gasteiger partial charge in [0.25, 0.3) is 0 Å². The maximum Gasteiger partial charge on any atom is 0.123 e. The molecule has 0 aromatic heterocycles. The topological polar surface area (TPSA) is 24.5 Å². The second-order valence-electron chi connectivity index (χ2n) is 5.15. The van der Waals surface area contributed by atoms with Crippen molar-refractivity contribution in [3.8, 4) is 5.75 Å². The molecule has 0 spiro atoms. The fourth-order valence-electron chi connectivity index (χ4n) is 2.71. The van der Waals surface area contributed by atoms with Gasteiger partial charge < -0.3 is 15.0 Å². The summed E-state index contributed by atoms with van der Waals surface area (Å²) in [5, 5.41) is 3.68. The Labute approximate surface area is 116 Å². The molecule has 1 unspecified atom stereocenters. The lowest BCUT2D eigenvalue weighted by molar-refractivity contribution is 0.198. The summed E-state index contributed by atoms with van der Waals surface area (Å²) in [6.07, 6.45) is 2.59. The predicted molar refractivity (Wildman–Crippen MR) is 79.6 cm³/mol. The molecule has 1 saturated heterocycles. The Balaban J connectivity index is 1.87. The van der Waals surface area contributed by atoms with Crippen molar-refractivity contribution in [1.29, 1.82) is 0 Å². The van der Waals surface area contributed by atoms with E-state index in [0.29, 0.717) is 6.04 Å². The summed E-state index contributed by atoms with van der Waals surface area (Å²) < 4.78 is 5.67. The van der Waals surface area contributed by atoms with Gasteiger partial charge in [-0.2, -0.15) is 0 Å². The van der Waals surface area contributed by atoms with Crippen LogP contribution < -0.4 is 10.1 Å². The average molecular weight is 262 g/mol. The summed E-state index contributed by atoms with van der Waals surface area (Å²) in [4.78, 5) is 2.52. The molecule has 1 fully saturated rings. The molecular formula is C16H26N2O. The van der Waals surface area contributed by atoms with Gasteiger partial charge in [0.05, 0.1) is 6.61 Å². The number of likely N-dealkylation sites (N-methyl/N-ethyl adjacent to an activating group) is 1. The molecule has 19 heavy (non-hydrogen) atoms. The van der Waals surface area contributed by atoms with E-state index in [1.807, 2.05) is 13.0 Å². The Morgan fingerprint density at radius 2 is 2.16 bits per heavy atom. The molecule has 1 aliphatic rings. The van der Waals surface area contributed by atoms with Crippen LogP contribution in [0.4, 0.5) is 0 Å². The predicted octanol–water partition coefficient (Wildman–Crippen LogP) is 2.66. The molecule has 0 bridgehead atoms. The number of para-hydroxylation sites is 1. The molecule has 0 aliphatic carbocycles. The first-order valence-electron chi connectivity index (χ1n) is 7.50. The lowest BCUT2D eigenvalue weighted by atomic mass is 10.1. The molecule has 1 N–H and O–H groups in total. The van der Waals surface area contributed by atoms with Gasteiger partial charge in [0.15, 0.2) is 0 Å². The number of rotatable bonds is 6. The van der Waals surface area contributed by atoms with Crippen molar-refractivity contribution in [3.05, 3.63) is 29.8 Å². The third kappa shape index (κ3) is 4.22. The second kappa shape index (κ2) is 7.51. The van der Waals surface area contributed by atoms with Crippen LogP contribution in [0.15, 0.2) is 24.3 Å². The van der Waals surface area contributed by atoms with Crippen LogP contribution in [-0.4, -0.2) is 37.2 Å².